The number of ketones is 2. The highest BCUT2D eigenvalue weighted by Crippen LogP contribution is 2.28. The summed E-state index contributed by atoms with van der Waals surface area (Å²) in [5.41, 5.74) is 0.887. The third-order valence-electron chi connectivity index (χ3n) is 3.27. The Morgan fingerprint density at radius 3 is 3.06 bits per heavy atom. The van der Waals surface area contributed by atoms with Crippen molar-refractivity contribution in [2.45, 2.75) is 12.8 Å². The summed E-state index contributed by atoms with van der Waals surface area (Å²) in [7, 11) is 1.74. The van der Waals surface area contributed by atoms with E-state index >= 15 is 0 Å². The minimum absolute atomic E-state index is 0.152. The van der Waals surface area contributed by atoms with Crippen molar-refractivity contribution < 1.29 is 14.0 Å². The zero-order valence-electron chi connectivity index (χ0n) is 9.92. The number of carbonyl (C=O) groups excluding carboxylic acids is 2. The Kier molecular flexibility index (Phi) is 2.40. The third kappa shape index (κ3) is 1.59. The van der Waals surface area contributed by atoms with Crippen molar-refractivity contribution in [3.8, 4) is 0 Å². The van der Waals surface area contributed by atoms with Crippen molar-refractivity contribution >= 4 is 11.6 Å². The van der Waals surface area contributed by atoms with Crippen LogP contribution < -0.4 is 0 Å². The number of aromatic nitrogens is 2. The van der Waals surface area contributed by atoms with Gasteiger partial charge in [-0.25, -0.2) is 0 Å². The molecule has 0 fully saturated rings. The molecule has 1 unspecified atom stereocenters. The molecule has 2 heterocycles. The van der Waals surface area contributed by atoms with Crippen LogP contribution in [0.3, 0.4) is 0 Å². The van der Waals surface area contributed by atoms with E-state index in [-0.39, 0.29) is 11.6 Å². The maximum atomic E-state index is 12.2. The van der Waals surface area contributed by atoms with E-state index in [1.54, 1.807) is 30.1 Å². The van der Waals surface area contributed by atoms with Gasteiger partial charge in [-0.15, -0.1) is 0 Å². The standard InChI is InChI=1S/C13H12N2O3/c1-15-6-4-10(14-15)13(17)9-2-3-11-8(12(9)16)5-7-18-11/h4-7,9H,2-3H2,1H3. The van der Waals surface area contributed by atoms with Gasteiger partial charge in [-0.1, -0.05) is 0 Å². The van der Waals surface area contributed by atoms with Gasteiger partial charge in [-0.2, -0.15) is 5.10 Å². The lowest BCUT2D eigenvalue weighted by Gasteiger charge is -2.17. The van der Waals surface area contributed by atoms with E-state index in [0.717, 1.165) is 0 Å². The number of carbonyl (C=O) groups is 2. The molecule has 0 saturated heterocycles. The first-order valence-corrected chi connectivity index (χ1v) is 5.81. The van der Waals surface area contributed by atoms with Gasteiger partial charge in [0.05, 0.1) is 17.7 Å². The topological polar surface area (TPSA) is 65.1 Å². The number of rotatable bonds is 2. The molecule has 0 bridgehead atoms. The zero-order chi connectivity index (χ0) is 12.7. The molecule has 5 heteroatoms. The van der Waals surface area contributed by atoms with E-state index in [1.165, 1.54) is 6.26 Å². The highest BCUT2D eigenvalue weighted by atomic mass is 16.3. The van der Waals surface area contributed by atoms with Crippen LogP contribution in [0.5, 0.6) is 0 Å². The van der Waals surface area contributed by atoms with E-state index in [4.69, 9.17) is 4.42 Å². The second kappa shape index (κ2) is 3.94. The molecule has 0 aliphatic heterocycles. The van der Waals surface area contributed by atoms with E-state index in [9.17, 15) is 9.59 Å². The molecule has 2 aromatic heterocycles. The highest BCUT2D eigenvalue weighted by Gasteiger charge is 2.35. The lowest BCUT2D eigenvalue weighted by atomic mass is 9.83. The summed E-state index contributed by atoms with van der Waals surface area (Å²) in [6, 6.07) is 3.27. The van der Waals surface area contributed by atoms with E-state index in [1.807, 2.05) is 0 Å². The van der Waals surface area contributed by atoms with Crippen LogP contribution in [0, 0.1) is 5.92 Å². The van der Waals surface area contributed by atoms with Gasteiger partial charge in [-0.3, -0.25) is 14.3 Å². The van der Waals surface area contributed by atoms with Crippen molar-refractivity contribution in [2.24, 2.45) is 13.0 Å². The number of hydrogen-bond acceptors (Lipinski definition) is 4. The predicted molar refractivity (Wildman–Crippen MR) is 62.4 cm³/mol. The fourth-order valence-electron chi connectivity index (χ4n) is 2.32. The third-order valence-corrected chi connectivity index (χ3v) is 3.27. The van der Waals surface area contributed by atoms with Gasteiger partial charge in [0.2, 0.25) is 0 Å². The minimum Gasteiger partial charge on any atom is -0.469 e. The predicted octanol–water partition coefficient (Wildman–Crippen LogP) is 1.64. The number of nitrogens with zero attached hydrogens (tertiary/aromatic N) is 2. The Hall–Kier alpha value is -2.17. The van der Waals surface area contributed by atoms with Crippen molar-refractivity contribution in [1.82, 2.24) is 9.78 Å². The SMILES string of the molecule is Cn1ccc(C(=O)C2CCc3occc3C2=O)n1. The molecular formula is C13H12N2O3. The average Bonchev–Trinajstić information content (AvgIpc) is 2.97. The largest absolute Gasteiger partial charge is 0.469 e. The van der Waals surface area contributed by atoms with Crippen LogP contribution in [-0.2, 0) is 13.5 Å². The summed E-state index contributed by atoms with van der Waals surface area (Å²) in [5, 5.41) is 4.06. The molecule has 0 amide bonds. The van der Waals surface area contributed by atoms with Crippen LogP contribution in [0.4, 0.5) is 0 Å². The fourth-order valence-corrected chi connectivity index (χ4v) is 2.32. The summed E-state index contributed by atoms with van der Waals surface area (Å²) in [6.45, 7) is 0. The molecule has 0 saturated carbocycles. The van der Waals surface area contributed by atoms with Gasteiger partial charge in [0.15, 0.2) is 11.6 Å². The van der Waals surface area contributed by atoms with Crippen molar-refractivity contribution in [2.75, 3.05) is 0 Å². The van der Waals surface area contributed by atoms with Crippen LogP contribution in [-0.4, -0.2) is 21.3 Å². The molecule has 0 spiro atoms. The lowest BCUT2D eigenvalue weighted by Crippen LogP contribution is -2.29. The average molecular weight is 244 g/mol. The molecular weight excluding hydrogens is 232 g/mol. The summed E-state index contributed by atoms with van der Waals surface area (Å²) >= 11 is 0. The summed E-state index contributed by atoms with van der Waals surface area (Å²) in [4.78, 5) is 24.4. The summed E-state index contributed by atoms with van der Waals surface area (Å²) < 4.78 is 6.77. The zero-order valence-corrected chi connectivity index (χ0v) is 9.92. The number of aryl methyl sites for hydroxylation is 2. The van der Waals surface area contributed by atoms with Gasteiger partial charge in [0, 0.05) is 19.7 Å². The molecule has 0 radical (unpaired) electrons. The second-order valence-electron chi connectivity index (χ2n) is 4.45. The number of hydrogen-bond donors (Lipinski definition) is 0. The van der Waals surface area contributed by atoms with Gasteiger partial charge in [-0.05, 0) is 18.6 Å². The molecule has 1 aliphatic rings. The van der Waals surface area contributed by atoms with Gasteiger partial charge < -0.3 is 4.42 Å². The van der Waals surface area contributed by atoms with Crippen molar-refractivity contribution in [3.63, 3.8) is 0 Å². The Morgan fingerprint density at radius 2 is 2.33 bits per heavy atom. The maximum absolute atomic E-state index is 12.2. The fraction of sp³-hybridized carbons (Fsp3) is 0.308. The highest BCUT2D eigenvalue weighted by molar-refractivity contribution is 6.16. The van der Waals surface area contributed by atoms with Crippen LogP contribution >= 0.6 is 0 Å². The minimum atomic E-state index is -0.620. The Morgan fingerprint density at radius 1 is 1.50 bits per heavy atom. The molecule has 92 valence electrons. The second-order valence-corrected chi connectivity index (χ2v) is 4.45. The van der Waals surface area contributed by atoms with E-state index in [2.05, 4.69) is 5.10 Å². The normalized spacial score (nSPS) is 18.7. The monoisotopic (exact) mass is 244 g/mol. The van der Waals surface area contributed by atoms with Crippen LogP contribution in [0.1, 0.15) is 33.0 Å². The van der Waals surface area contributed by atoms with Gasteiger partial charge >= 0.3 is 0 Å². The number of Topliss-reactive ketones (excluding diaryl/α,β-unsaturated/α-hetero) is 2. The number of fused-ring (bicyclic) bond motifs is 1. The van der Waals surface area contributed by atoms with Crippen LogP contribution in [0.2, 0.25) is 0 Å². The van der Waals surface area contributed by atoms with Gasteiger partial charge in [0.1, 0.15) is 11.5 Å². The van der Waals surface area contributed by atoms with Gasteiger partial charge in [0.25, 0.3) is 0 Å². The quantitative estimate of drug-likeness (QED) is 0.595. The van der Waals surface area contributed by atoms with E-state index < -0.39 is 5.92 Å². The Labute approximate surface area is 103 Å². The summed E-state index contributed by atoms with van der Waals surface area (Å²) in [6.07, 6.45) is 4.31. The molecule has 18 heavy (non-hydrogen) atoms. The Bertz CT molecular complexity index is 624. The van der Waals surface area contributed by atoms with Crippen LogP contribution in [0.25, 0.3) is 0 Å². The molecule has 1 aliphatic carbocycles. The molecule has 5 nitrogen and oxygen atoms in total. The first kappa shape index (κ1) is 11.0. The lowest BCUT2D eigenvalue weighted by molar-refractivity contribution is 0.0783. The summed E-state index contributed by atoms with van der Waals surface area (Å²) in [5.74, 6) is -0.289. The van der Waals surface area contributed by atoms with Crippen molar-refractivity contribution in [3.05, 3.63) is 41.6 Å². The number of furan rings is 1. The maximum Gasteiger partial charge on any atom is 0.193 e. The smallest absolute Gasteiger partial charge is 0.193 e. The molecule has 2 aromatic rings. The first-order valence-electron chi connectivity index (χ1n) is 5.81. The van der Waals surface area contributed by atoms with E-state index in [0.29, 0.717) is 29.9 Å². The van der Waals surface area contributed by atoms with Crippen molar-refractivity contribution in [1.29, 1.82) is 0 Å². The van der Waals surface area contributed by atoms with Crippen LogP contribution in [0.15, 0.2) is 29.0 Å². The molecule has 0 aromatic carbocycles. The Balaban J connectivity index is 1.91. The first-order chi connectivity index (χ1) is 8.66. The molecule has 3 rings (SSSR count). The molecule has 0 N–H and O–H groups in total. The molecule has 1 atom stereocenters.